The van der Waals surface area contributed by atoms with E-state index in [4.69, 9.17) is 14.9 Å². The van der Waals surface area contributed by atoms with Crippen molar-refractivity contribution in [3.63, 3.8) is 0 Å². The molecule has 0 bridgehead atoms. The van der Waals surface area contributed by atoms with Gasteiger partial charge in [0.1, 0.15) is 13.6 Å². The zero-order valence-corrected chi connectivity index (χ0v) is 25.6. The number of hydrogen-bond donors (Lipinski definition) is 1. The molecule has 4 rings (SSSR count). The highest BCUT2D eigenvalue weighted by Gasteiger charge is 2.22. The molecule has 3 aromatic carbocycles. The molecule has 41 heavy (non-hydrogen) atoms. The molecule has 0 amide bonds. The van der Waals surface area contributed by atoms with E-state index in [9.17, 15) is 4.21 Å². The lowest BCUT2D eigenvalue weighted by molar-refractivity contribution is -0.0987. The van der Waals surface area contributed by atoms with Crippen LogP contribution in [0.25, 0.3) is 5.70 Å². The molecule has 1 atom stereocenters. The molecule has 0 saturated carbocycles. The third kappa shape index (κ3) is 10.4. The van der Waals surface area contributed by atoms with E-state index in [1.165, 1.54) is 11.1 Å². The maximum atomic E-state index is 13.3. The van der Waals surface area contributed by atoms with Crippen LogP contribution in [0.2, 0.25) is 0 Å². The molecule has 7 heteroatoms. The van der Waals surface area contributed by atoms with Gasteiger partial charge in [-0.2, -0.15) is 5.26 Å². The number of aryl methyl sites for hydroxylation is 2. The molecule has 0 aromatic heterocycles. The molecule has 1 fully saturated rings. The molecule has 0 spiro atoms. The average Bonchev–Trinajstić information content (AvgIpc) is 3.02. The number of rotatable bonds is 7. The Hall–Kier alpha value is -4.15. The number of anilines is 1. The van der Waals surface area contributed by atoms with Gasteiger partial charge in [0, 0.05) is 34.2 Å². The summed E-state index contributed by atoms with van der Waals surface area (Å²) in [7, 11) is -2.55. The zero-order valence-electron chi connectivity index (χ0n) is 24.8. The number of likely N-dealkylation sites (tertiary alicyclic amines) is 1. The van der Waals surface area contributed by atoms with Gasteiger partial charge in [0.25, 0.3) is 0 Å². The van der Waals surface area contributed by atoms with Gasteiger partial charge in [0.05, 0.1) is 17.4 Å². The van der Waals surface area contributed by atoms with Crippen molar-refractivity contribution in [2.24, 2.45) is 0 Å². The zero-order chi connectivity index (χ0) is 31.0. The summed E-state index contributed by atoms with van der Waals surface area (Å²) in [5.74, 6) is 4.88. The first-order valence-corrected chi connectivity index (χ1v) is 15.4. The molecule has 6 nitrogen and oxygen atoms in total. The van der Waals surface area contributed by atoms with E-state index in [1.54, 1.807) is 0 Å². The minimum Gasteiger partial charge on any atom is -0.371 e. The highest BCUT2D eigenvalue weighted by atomic mass is 32.2. The van der Waals surface area contributed by atoms with E-state index in [0.717, 1.165) is 54.0 Å². The molecule has 1 aliphatic heterocycles. The summed E-state index contributed by atoms with van der Waals surface area (Å²) in [4.78, 5) is 18.3. The number of nitriles is 1. The monoisotopic (exact) mass is 573 g/mol. The fourth-order valence-corrected chi connectivity index (χ4v) is 6.02. The van der Waals surface area contributed by atoms with Crippen LogP contribution in [-0.4, -0.2) is 41.6 Å². The van der Waals surface area contributed by atoms with Crippen molar-refractivity contribution >= 4 is 40.5 Å². The molecule has 1 unspecified atom stereocenters. The van der Waals surface area contributed by atoms with Gasteiger partial charge in [-0.1, -0.05) is 74.5 Å². The molecule has 1 aliphatic rings. The second-order valence-electron chi connectivity index (χ2n) is 9.52. The van der Waals surface area contributed by atoms with E-state index < -0.39 is 9.71 Å². The number of carbonyl (C=O) groups is 2. The highest BCUT2D eigenvalue weighted by Crippen LogP contribution is 2.32. The van der Waals surface area contributed by atoms with Gasteiger partial charge in [-0.05, 0) is 78.9 Å². The number of piperidine rings is 1. The summed E-state index contributed by atoms with van der Waals surface area (Å²) in [6.45, 7) is 18.3. The standard InChI is InChI=1S/C30H33N3OS.C2H6.2CH2O/c1-22-5-8-26(9-6-22)21-35(4,34)32-30-19-29(12-7-23(30)2)24(3)33-17-15-28(16-18-33)27-13-10-25(20-31)11-14-27;3*1-2/h5-14,19,28H,3-4,15-18,21H2,1-2H3,(H,32,34);1-2H3;2*1H2. The summed E-state index contributed by atoms with van der Waals surface area (Å²) in [6, 6.07) is 24.4. The van der Waals surface area contributed by atoms with Gasteiger partial charge in [-0.15, -0.1) is 0 Å². The molecule has 0 radical (unpaired) electrons. The maximum Gasteiger partial charge on any atom is 0.106 e. The van der Waals surface area contributed by atoms with Crippen LogP contribution in [0.5, 0.6) is 0 Å². The predicted octanol–water partition coefficient (Wildman–Crippen LogP) is 6.93. The predicted molar refractivity (Wildman–Crippen MR) is 174 cm³/mol. The Labute approximate surface area is 246 Å². The molecule has 1 heterocycles. The fourth-order valence-electron chi connectivity index (χ4n) is 4.60. The molecule has 3 aromatic rings. The minimum atomic E-state index is -2.55. The number of benzene rings is 3. The Balaban J connectivity index is 0.00000131. The number of hydrogen-bond acceptors (Lipinski definition) is 5. The lowest BCUT2D eigenvalue weighted by Gasteiger charge is -2.35. The second kappa shape index (κ2) is 17.5. The van der Waals surface area contributed by atoms with Gasteiger partial charge in [0.15, 0.2) is 0 Å². The summed E-state index contributed by atoms with van der Waals surface area (Å²) in [5, 5.41) is 9.03. The van der Waals surface area contributed by atoms with Crippen molar-refractivity contribution in [2.75, 3.05) is 17.8 Å². The van der Waals surface area contributed by atoms with E-state index in [-0.39, 0.29) is 0 Å². The molecule has 0 aliphatic carbocycles. The first kappa shape index (κ1) is 34.9. The second-order valence-corrected chi connectivity index (χ2v) is 11.6. The molecular formula is C34H43N3O3S. The smallest absolute Gasteiger partial charge is 0.106 e. The van der Waals surface area contributed by atoms with Gasteiger partial charge in [0.2, 0.25) is 0 Å². The van der Waals surface area contributed by atoms with Crippen LogP contribution in [0, 0.1) is 25.2 Å². The third-order valence-electron chi connectivity index (χ3n) is 6.78. The lowest BCUT2D eigenvalue weighted by atomic mass is 9.88. The average molecular weight is 574 g/mol. The Morgan fingerprint density at radius 2 is 1.51 bits per heavy atom. The topological polar surface area (TPSA) is 90.3 Å². The number of nitrogens with one attached hydrogen (secondary N) is 1. The summed E-state index contributed by atoms with van der Waals surface area (Å²) in [5.41, 5.74) is 8.07. The lowest BCUT2D eigenvalue weighted by Crippen LogP contribution is -2.31. The van der Waals surface area contributed by atoms with Crippen LogP contribution in [0.3, 0.4) is 0 Å². The largest absolute Gasteiger partial charge is 0.371 e. The number of nitrogens with zero attached hydrogens (tertiary/aromatic N) is 2. The van der Waals surface area contributed by atoms with Crippen molar-refractivity contribution < 1.29 is 13.8 Å². The Morgan fingerprint density at radius 1 is 0.951 bits per heavy atom. The van der Waals surface area contributed by atoms with Gasteiger partial charge >= 0.3 is 0 Å². The van der Waals surface area contributed by atoms with Crippen LogP contribution in [0.4, 0.5) is 5.69 Å². The Morgan fingerprint density at radius 3 is 2.05 bits per heavy atom. The number of carbonyl (C=O) groups excluding carboxylic acids is 2. The SMILES string of the molecule is C=C(c1ccc(C)c(NS(=C)(=O)Cc2ccc(C)cc2)c1)N1CCC(c2ccc(C#N)cc2)CC1.C=O.C=O.CC. The van der Waals surface area contributed by atoms with Gasteiger partial charge < -0.3 is 19.2 Å². The first-order valence-electron chi connectivity index (χ1n) is 13.5. The van der Waals surface area contributed by atoms with Crippen LogP contribution < -0.4 is 4.72 Å². The van der Waals surface area contributed by atoms with Crippen LogP contribution >= 0.6 is 0 Å². The molecular weight excluding hydrogens is 530 g/mol. The van der Waals surface area contributed by atoms with Gasteiger partial charge in [-0.25, -0.2) is 4.21 Å². The van der Waals surface area contributed by atoms with E-state index in [1.807, 2.05) is 89.8 Å². The van der Waals surface area contributed by atoms with Crippen molar-refractivity contribution in [3.8, 4) is 6.07 Å². The van der Waals surface area contributed by atoms with Gasteiger partial charge in [-0.3, -0.25) is 0 Å². The minimum absolute atomic E-state index is 0.376. The maximum absolute atomic E-state index is 13.3. The molecule has 218 valence electrons. The van der Waals surface area contributed by atoms with Crippen molar-refractivity contribution in [1.82, 2.24) is 4.90 Å². The van der Waals surface area contributed by atoms with E-state index >= 15 is 0 Å². The summed E-state index contributed by atoms with van der Waals surface area (Å²) < 4.78 is 16.5. The summed E-state index contributed by atoms with van der Waals surface area (Å²) >= 11 is 0. The Bertz CT molecular complexity index is 1380. The van der Waals surface area contributed by atoms with Crippen molar-refractivity contribution in [2.45, 2.75) is 52.2 Å². The first-order chi connectivity index (χ1) is 19.7. The quantitative estimate of drug-likeness (QED) is 0.310. The Kier molecular flexibility index (Phi) is 14.9. The van der Waals surface area contributed by atoms with Crippen LogP contribution in [-0.2, 0) is 25.0 Å². The van der Waals surface area contributed by atoms with E-state index in [2.05, 4.69) is 46.3 Å². The highest BCUT2D eigenvalue weighted by molar-refractivity contribution is 8.00. The third-order valence-corrected chi connectivity index (χ3v) is 8.17. The molecule has 1 N–H and O–H groups in total. The fraction of sp³-hybridized carbons (Fsp3) is 0.294. The van der Waals surface area contributed by atoms with E-state index in [0.29, 0.717) is 17.2 Å². The normalized spacial score (nSPS) is 13.8. The molecule has 1 saturated heterocycles. The van der Waals surface area contributed by atoms with Crippen LogP contribution in [0.15, 0.2) is 73.3 Å². The van der Waals surface area contributed by atoms with Crippen molar-refractivity contribution in [1.29, 1.82) is 5.26 Å². The summed E-state index contributed by atoms with van der Waals surface area (Å²) in [6.07, 6.45) is 2.09. The van der Waals surface area contributed by atoms with Crippen molar-refractivity contribution in [3.05, 3.63) is 107 Å². The van der Waals surface area contributed by atoms with Crippen LogP contribution in [0.1, 0.15) is 66.0 Å².